The van der Waals surface area contributed by atoms with Crippen molar-refractivity contribution in [3.05, 3.63) is 42.2 Å². The van der Waals surface area contributed by atoms with Gasteiger partial charge in [0, 0.05) is 18.5 Å². The molecule has 1 aliphatic heterocycles. The molecule has 2 heterocycles. The molecule has 1 aliphatic rings. The predicted molar refractivity (Wildman–Crippen MR) is 80.0 cm³/mol. The predicted octanol–water partition coefficient (Wildman–Crippen LogP) is 1.90. The van der Waals surface area contributed by atoms with Crippen LogP contribution in [0.5, 0.6) is 0 Å². The maximum absolute atomic E-state index is 12.1. The summed E-state index contributed by atoms with van der Waals surface area (Å²) in [6.45, 7) is 1.53. The fraction of sp³-hybridized carbons (Fsp3) is 0.333. The van der Waals surface area contributed by atoms with Crippen LogP contribution in [0.2, 0.25) is 0 Å². The number of amides is 1. The molecule has 1 fully saturated rings. The molecule has 1 amide bonds. The van der Waals surface area contributed by atoms with Gasteiger partial charge in [-0.05, 0) is 25.0 Å². The first-order valence-electron chi connectivity index (χ1n) is 7.02. The van der Waals surface area contributed by atoms with E-state index in [-0.39, 0.29) is 12.0 Å². The number of hydrogen-bond acceptors (Lipinski definition) is 4. The molecule has 1 saturated heterocycles. The lowest BCUT2D eigenvalue weighted by atomic mass is 10.1. The standard InChI is InChI=1S/C15H18N4O2/c16-14-6-2-1-5-13(14)15(20)18-11-8-17-19(9-11)10-12-4-3-7-21-12/h1-2,5-6,8-9,12H,3-4,7,10,16H2,(H,18,20). The number of nitrogens with one attached hydrogen (secondary N) is 1. The van der Waals surface area contributed by atoms with Crippen molar-refractivity contribution in [3.8, 4) is 0 Å². The number of nitrogens with zero attached hydrogens (tertiary/aromatic N) is 2. The Hall–Kier alpha value is -2.34. The molecule has 1 atom stereocenters. The van der Waals surface area contributed by atoms with Crippen molar-refractivity contribution in [2.45, 2.75) is 25.5 Å². The van der Waals surface area contributed by atoms with Gasteiger partial charge in [0.15, 0.2) is 0 Å². The number of carbonyl (C=O) groups is 1. The maximum Gasteiger partial charge on any atom is 0.257 e. The maximum atomic E-state index is 12.1. The van der Waals surface area contributed by atoms with E-state index in [2.05, 4.69) is 10.4 Å². The van der Waals surface area contributed by atoms with Gasteiger partial charge in [0.25, 0.3) is 5.91 Å². The molecular weight excluding hydrogens is 268 g/mol. The number of carbonyl (C=O) groups excluding carboxylic acids is 1. The zero-order valence-corrected chi connectivity index (χ0v) is 11.7. The van der Waals surface area contributed by atoms with E-state index in [0.717, 1.165) is 19.4 Å². The van der Waals surface area contributed by atoms with Crippen molar-refractivity contribution in [2.24, 2.45) is 0 Å². The Morgan fingerprint density at radius 3 is 3.10 bits per heavy atom. The summed E-state index contributed by atoms with van der Waals surface area (Å²) in [7, 11) is 0. The highest BCUT2D eigenvalue weighted by Gasteiger charge is 2.17. The van der Waals surface area contributed by atoms with E-state index < -0.39 is 0 Å². The number of aromatic nitrogens is 2. The monoisotopic (exact) mass is 286 g/mol. The first-order chi connectivity index (χ1) is 10.2. The Morgan fingerprint density at radius 2 is 2.33 bits per heavy atom. The third kappa shape index (κ3) is 3.22. The van der Waals surface area contributed by atoms with Gasteiger partial charge in [0.2, 0.25) is 0 Å². The summed E-state index contributed by atoms with van der Waals surface area (Å²) >= 11 is 0. The van der Waals surface area contributed by atoms with Gasteiger partial charge in [-0.25, -0.2) is 0 Å². The number of anilines is 2. The second-order valence-electron chi connectivity index (χ2n) is 5.13. The number of nitrogen functional groups attached to an aromatic ring is 1. The minimum atomic E-state index is -0.232. The van der Waals surface area contributed by atoms with Gasteiger partial charge in [-0.15, -0.1) is 0 Å². The third-order valence-corrected chi connectivity index (χ3v) is 3.51. The van der Waals surface area contributed by atoms with E-state index in [0.29, 0.717) is 23.5 Å². The highest BCUT2D eigenvalue weighted by molar-refractivity contribution is 6.07. The van der Waals surface area contributed by atoms with E-state index >= 15 is 0 Å². The first-order valence-corrected chi connectivity index (χ1v) is 7.02. The molecule has 3 rings (SSSR count). The number of nitrogens with two attached hydrogens (primary N) is 1. The Kier molecular flexibility index (Phi) is 3.87. The number of hydrogen-bond donors (Lipinski definition) is 2. The molecule has 0 saturated carbocycles. The Morgan fingerprint density at radius 1 is 1.48 bits per heavy atom. The van der Waals surface area contributed by atoms with Crippen LogP contribution >= 0.6 is 0 Å². The molecule has 0 bridgehead atoms. The van der Waals surface area contributed by atoms with E-state index in [1.807, 2.05) is 0 Å². The molecule has 1 aromatic heterocycles. The summed E-state index contributed by atoms with van der Waals surface area (Å²) in [5.41, 5.74) is 7.37. The summed E-state index contributed by atoms with van der Waals surface area (Å²) in [5.74, 6) is -0.232. The molecule has 6 nitrogen and oxygen atoms in total. The minimum absolute atomic E-state index is 0.221. The van der Waals surface area contributed by atoms with Gasteiger partial charge in [0.05, 0.1) is 30.1 Å². The number of ether oxygens (including phenoxy) is 1. The van der Waals surface area contributed by atoms with Gasteiger partial charge in [0.1, 0.15) is 0 Å². The van der Waals surface area contributed by atoms with Crippen molar-refractivity contribution in [3.63, 3.8) is 0 Å². The molecule has 1 aromatic carbocycles. The van der Waals surface area contributed by atoms with Crippen LogP contribution in [0.1, 0.15) is 23.2 Å². The van der Waals surface area contributed by atoms with E-state index in [1.165, 1.54) is 0 Å². The minimum Gasteiger partial charge on any atom is -0.398 e. The molecule has 21 heavy (non-hydrogen) atoms. The normalized spacial score (nSPS) is 17.8. The van der Waals surface area contributed by atoms with E-state index in [1.54, 1.807) is 41.3 Å². The van der Waals surface area contributed by atoms with Gasteiger partial charge in [-0.2, -0.15) is 5.10 Å². The Labute approximate surface area is 122 Å². The quantitative estimate of drug-likeness (QED) is 0.841. The lowest BCUT2D eigenvalue weighted by molar-refractivity contribution is 0.0940. The lowest BCUT2D eigenvalue weighted by Gasteiger charge is -2.08. The summed E-state index contributed by atoms with van der Waals surface area (Å²) in [6, 6.07) is 6.98. The molecule has 2 aromatic rings. The SMILES string of the molecule is Nc1ccccc1C(=O)Nc1cnn(CC2CCCO2)c1. The van der Waals surface area contributed by atoms with Crippen LogP contribution in [-0.4, -0.2) is 28.4 Å². The summed E-state index contributed by atoms with van der Waals surface area (Å²) in [4.78, 5) is 12.1. The van der Waals surface area contributed by atoms with Crippen LogP contribution in [0.4, 0.5) is 11.4 Å². The average molecular weight is 286 g/mol. The van der Waals surface area contributed by atoms with Crippen molar-refractivity contribution in [1.29, 1.82) is 0 Å². The van der Waals surface area contributed by atoms with Crippen LogP contribution in [0, 0.1) is 0 Å². The second-order valence-corrected chi connectivity index (χ2v) is 5.13. The number of rotatable bonds is 4. The molecular formula is C15H18N4O2. The van der Waals surface area contributed by atoms with Crippen LogP contribution in [0.3, 0.4) is 0 Å². The zero-order valence-electron chi connectivity index (χ0n) is 11.7. The zero-order chi connectivity index (χ0) is 14.7. The molecule has 3 N–H and O–H groups in total. The summed E-state index contributed by atoms with van der Waals surface area (Å²) in [6.07, 6.45) is 5.81. The lowest BCUT2D eigenvalue weighted by Crippen LogP contribution is -2.15. The van der Waals surface area contributed by atoms with Crippen LogP contribution in [0.25, 0.3) is 0 Å². The molecule has 110 valence electrons. The van der Waals surface area contributed by atoms with E-state index in [4.69, 9.17) is 10.5 Å². The Balaban J connectivity index is 1.64. The second kappa shape index (κ2) is 5.97. The number of para-hydroxylation sites is 1. The Bertz CT molecular complexity index is 632. The fourth-order valence-corrected chi connectivity index (χ4v) is 2.43. The molecule has 1 unspecified atom stereocenters. The van der Waals surface area contributed by atoms with Gasteiger partial charge in [-0.3, -0.25) is 9.48 Å². The fourth-order valence-electron chi connectivity index (χ4n) is 2.43. The van der Waals surface area contributed by atoms with Crippen LogP contribution in [-0.2, 0) is 11.3 Å². The van der Waals surface area contributed by atoms with Crippen LogP contribution in [0.15, 0.2) is 36.7 Å². The highest BCUT2D eigenvalue weighted by atomic mass is 16.5. The van der Waals surface area contributed by atoms with Crippen LogP contribution < -0.4 is 11.1 Å². The third-order valence-electron chi connectivity index (χ3n) is 3.51. The summed E-state index contributed by atoms with van der Waals surface area (Å²) in [5, 5.41) is 7.04. The smallest absolute Gasteiger partial charge is 0.257 e. The van der Waals surface area contributed by atoms with Gasteiger partial charge >= 0.3 is 0 Å². The molecule has 0 radical (unpaired) electrons. The van der Waals surface area contributed by atoms with Crippen molar-refractivity contribution in [1.82, 2.24) is 9.78 Å². The summed E-state index contributed by atoms with van der Waals surface area (Å²) < 4.78 is 7.36. The molecule has 0 spiro atoms. The molecule has 6 heteroatoms. The largest absolute Gasteiger partial charge is 0.398 e. The van der Waals surface area contributed by atoms with Crippen molar-refractivity contribution < 1.29 is 9.53 Å². The topological polar surface area (TPSA) is 82.2 Å². The van der Waals surface area contributed by atoms with Crippen molar-refractivity contribution in [2.75, 3.05) is 17.7 Å². The van der Waals surface area contributed by atoms with Gasteiger partial charge in [-0.1, -0.05) is 12.1 Å². The van der Waals surface area contributed by atoms with Gasteiger partial charge < -0.3 is 15.8 Å². The molecule has 0 aliphatic carbocycles. The number of benzene rings is 1. The van der Waals surface area contributed by atoms with Crippen molar-refractivity contribution >= 4 is 17.3 Å². The average Bonchev–Trinajstić information content (AvgIpc) is 3.12. The van der Waals surface area contributed by atoms with E-state index in [9.17, 15) is 4.79 Å². The first kappa shape index (κ1) is 13.6. The highest BCUT2D eigenvalue weighted by Crippen LogP contribution is 2.16.